The first-order valence-electron chi connectivity index (χ1n) is 7.18. The van der Waals surface area contributed by atoms with Gasteiger partial charge in [-0.2, -0.15) is 13.2 Å². The fraction of sp³-hybridized carbons (Fsp3) is 0.375. The van der Waals surface area contributed by atoms with E-state index in [9.17, 15) is 23.1 Å². The van der Waals surface area contributed by atoms with Crippen molar-refractivity contribution in [3.8, 4) is 0 Å². The normalized spacial score (nSPS) is 14.2. The number of nitrogens with zero attached hydrogens (tertiary/aromatic N) is 1. The van der Waals surface area contributed by atoms with E-state index in [1.807, 2.05) is 0 Å². The Hall–Kier alpha value is -2.35. The lowest BCUT2D eigenvalue weighted by atomic mass is 9.93. The quantitative estimate of drug-likeness (QED) is 0.875. The van der Waals surface area contributed by atoms with Gasteiger partial charge in [-0.15, -0.1) is 0 Å². The molecule has 1 aromatic carbocycles. The molecule has 1 amide bonds. The van der Waals surface area contributed by atoms with Crippen molar-refractivity contribution in [1.29, 1.82) is 0 Å². The largest absolute Gasteiger partial charge is 0.423 e. The third-order valence-electron chi connectivity index (χ3n) is 3.78. The molecule has 2 aromatic rings. The molecule has 0 spiro atoms. The van der Waals surface area contributed by atoms with Gasteiger partial charge in [-0.3, -0.25) is 4.79 Å². The van der Waals surface area contributed by atoms with E-state index in [1.165, 1.54) is 18.2 Å². The number of hydrogen-bond acceptors (Lipinski definition) is 4. The van der Waals surface area contributed by atoms with Crippen LogP contribution in [0, 0.1) is 13.8 Å². The smallest absolute Gasteiger partial charge is 0.375 e. The van der Waals surface area contributed by atoms with Crippen molar-refractivity contribution in [2.24, 2.45) is 0 Å². The van der Waals surface area contributed by atoms with Gasteiger partial charge in [0.2, 0.25) is 11.5 Å². The highest BCUT2D eigenvalue weighted by molar-refractivity contribution is 5.79. The van der Waals surface area contributed by atoms with E-state index in [1.54, 1.807) is 13.8 Å². The van der Waals surface area contributed by atoms with Gasteiger partial charge in [0.25, 0.3) is 0 Å². The Balaban J connectivity index is 2.13. The predicted octanol–water partition coefficient (Wildman–Crippen LogP) is 2.40. The van der Waals surface area contributed by atoms with Gasteiger partial charge in [-0.05, 0) is 19.4 Å². The van der Waals surface area contributed by atoms with Crippen LogP contribution in [-0.2, 0) is 16.8 Å². The molecule has 0 fully saturated rings. The molecule has 24 heavy (non-hydrogen) atoms. The summed E-state index contributed by atoms with van der Waals surface area (Å²) in [6.45, 7) is 2.26. The molecule has 0 bridgehead atoms. The molecule has 0 aliphatic heterocycles. The van der Waals surface area contributed by atoms with Crippen molar-refractivity contribution in [2.45, 2.75) is 32.0 Å². The van der Waals surface area contributed by atoms with E-state index < -0.39 is 24.2 Å². The second kappa shape index (κ2) is 6.64. The zero-order valence-electron chi connectivity index (χ0n) is 13.1. The highest BCUT2D eigenvalue weighted by Crippen LogP contribution is 2.38. The number of aryl methyl sites for hydroxylation is 2. The molecule has 1 atom stereocenters. The maximum absolute atomic E-state index is 13.3. The Bertz CT molecular complexity index is 694. The van der Waals surface area contributed by atoms with Crippen LogP contribution >= 0.6 is 0 Å². The average molecular weight is 342 g/mol. The molecular formula is C16H17F3N2O3. The Morgan fingerprint density at radius 2 is 1.88 bits per heavy atom. The minimum atomic E-state index is -4.94. The number of aliphatic hydroxyl groups is 1. The van der Waals surface area contributed by atoms with Gasteiger partial charge in [0.1, 0.15) is 5.76 Å². The van der Waals surface area contributed by atoms with Crippen LogP contribution in [0.25, 0.3) is 0 Å². The predicted molar refractivity (Wildman–Crippen MR) is 79.1 cm³/mol. The fourth-order valence-electron chi connectivity index (χ4n) is 2.28. The van der Waals surface area contributed by atoms with Crippen molar-refractivity contribution >= 4 is 5.91 Å². The molecular weight excluding hydrogens is 325 g/mol. The summed E-state index contributed by atoms with van der Waals surface area (Å²) in [6, 6.07) is 6.63. The third-order valence-corrected chi connectivity index (χ3v) is 3.78. The Kier molecular flexibility index (Phi) is 4.98. The van der Waals surface area contributed by atoms with Crippen molar-refractivity contribution < 1.29 is 27.6 Å². The number of benzene rings is 1. The van der Waals surface area contributed by atoms with Gasteiger partial charge < -0.3 is 14.9 Å². The molecule has 1 aromatic heterocycles. The minimum Gasteiger partial charge on any atom is -0.375 e. The highest BCUT2D eigenvalue weighted by atomic mass is 19.4. The first-order chi connectivity index (χ1) is 11.1. The number of aromatic nitrogens is 1. The minimum absolute atomic E-state index is 0.177. The molecule has 0 unspecified atom stereocenters. The zero-order chi connectivity index (χ0) is 18.0. The first kappa shape index (κ1) is 18.0. The number of alkyl halides is 3. The zero-order valence-corrected chi connectivity index (χ0v) is 13.1. The molecule has 130 valence electrons. The van der Waals surface area contributed by atoms with E-state index in [-0.39, 0.29) is 12.0 Å². The number of carbonyl (C=O) groups is 1. The molecule has 2 N–H and O–H groups in total. The number of rotatable bonds is 5. The van der Waals surface area contributed by atoms with Crippen LogP contribution in [0.15, 0.2) is 34.9 Å². The lowest BCUT2D eigenvalue weighted by Gasteiger charge is -2.31. The molecule has 0 aliphatic rings. The van der Waals surface area contributed by atoms with Gasteiger partial charge in [-0.1, -0.05) is 35.5 Å². The highest BCUT2D eigenvalue weighted by Gasteiger charge is 2.55. The van der Waals surface area contributed by atoms with E-state index in [4.69, 9.17) is 4.52 Å². The maximum Gasteiger partial charge on any atom is 0.423 e. The summed E-state index contributed by atoms with van der Waals surface area (Å²) >= 11 is 0. The molecule has 0 aliphatic carbocycles. The number of amides is 1. The molecule has 8 heteroatoms. The summed E-state index contributed by atoms with van der Waals surface area (Å²) in [5.41, 5.74) is -2.49. The molecule has 0 radical (unpaired) electrons. The van der Waals surface area contributed by atoms with E-state index in [0.29, 0.717) is 17.0 Å². The van der Waals surface area contributed by atoms with Crippen LogP contribution < -0.4 is 5.32 Å². The van der Waals surface area contributed by atoms with Crippen LogP contribution in [0.5, 0.6) is 0 Å². The first-order valence-corrected chi connectivity index (χ1v) is 7.18. The van der Waals surface area contributed by atoms with E-state index in [2.05, 4.69) is 10.5 Å². The van der Waals surface area contributed by atoms with Crippen molar-refractivity contribution in [3.63, 3.8) is 0 Å². The molecule has 0 saturated carbocycles. The lowest BCUT2D eigenvalue weighted by Crippen LogP contribution is -2.51. The SMILES string of the molecule is Cc1noc(C)c1CC(=O)NC[C@](O)(c1ccccc1)C(F)(F)F. The second-order valence-corrected chi connectivity index (χ2v) is 5.48. The van der Waals surface area contributed by atoms with Gasteiger partial charge in [0.05, 0.1) is 18.7 Å². The standard InChI is InChI=1S/C16H17F3N2O3/c1-10-13(11(2)24-21-10)8-14(22)20-9-15(23,16(17,18)19)12-6-4-3-5-7-12/h3-7,23H,8-9H2,1-2H3,(H,20,22)/t15-/m0/s1. The molecule has 2 rings (SSSR count). The number of carbonyl (C=O) groups excluding carboxylic acids is 1. The summed E-state index contributed by atoms with van der Waals surface area (Å²) in [5.74, 6) is -0.236. The van der Waals surface area contributed by atoms with Crippen LogP contribution in [0.4, 0.5) is 13.2 Å². The van der Waals surface area contributed by atoms with E-state index >= 15 is 0 Å². The maximum atomic E-state index is 13.3. The van der Waals surface area contributed by atoms with Gasteiger partial charge in [0, 0.05) is 5.56 Å². The molecule has 0 saturated heterocycles. The van der Waals surface area contributed by atoms with Gasteiger partial charge in [-0.25, -0.2) is 0 Å². The van der Waals surface area contributed by atoms with Crippen LogP contribution in [0.3, 0.4) is 0 Å². The topological polar surface area (TPSA) is 75.4 Å². The summed E-state index contributed by atoms with van der Waals surface area (Å²) in [6.07, 6.45) is -5.12. The Labute approximate surface area is 136 Å². The fourth-order valence-corrected chi connectivity index (χ4v) is 2.28. The molecule has 5 nitrogen and oxygen atoms in total. The number of nitrogens with one attached hydrogen (secondary N) is 1. The summed E-state index contributed by atoms with van der Waals surface area (Å²) in [7, 11) is 0. The number of hydrogen-bond donors (Lipinski definition) is 2. The van der Waals surface area contributed by atoms with Gasteiger partial charge >= 0.3 is 6.18 Å². The van der Waals surface area contributed by atoms with E-state index in [0.717, 1.165) is 12.1 Å². The van der Waals surface area contributed by atoms with Gasteiger partial charge in [0.15, 0.2) is 0 Å². The third kappa shape index (κ3) is 3.59. The van der Waals surface area contributed by atoms with Crippen molar-refractivity contribution in [2.75, 3.05) is 6.54 Å². The summed E-state index contributed by atoms with van der Waals surface area (Å²) in [5, 5.41) is 16.0. The number of halogens is 3. The van der Waals surface area contributed by atoms with Crippen LogP contribution in [0.1, 0.15) is 22.6 Å². The summed E-state index contributed by atoms with van der Waals surface area (Å²) in [4.78, 5) is 12.0. The lowest BCUT2D eigenvalue weighted by molar-refractivity contribution is -0.264. The van der Waals surface area contributed by atoms with Crippen molar-refractivity contribution in [3.05, 3.63) is 52.9 Å². The average Bonchev–Trinajstić information content (AvgIpc) is 2.84. The molecule has 1 heterocycles. The van der Waals surface area contributed by atoms with Crippen LogP contribution in [0.2, 0.25) is 0 Å². The van der Waals surface area contributed by atoms with Crippen molar-refractivity contribution in [1.82, 2.24) is 10.5 Å². The Morgan fingerprint density at radius 3 is 2.38 bits per heavy atom. The summed E-state index contributed by atoms with van der Waals surface area (Å²) < 4.78 is 44.9. The Morgan fingerprint density at radius 1 is 1.25 bits per heavy atom. The monoisotopic (exact) mass is 342 g/mol. The van der Waals surface area contributed by atoms with Crippen LogP contribution in [-0.4, -0.2) is 28.9 Å². The second-order valence-electron chi connectivity index (χ2n) is 5.48.